The van der Waals surface area contributed by atoms with Gasteiger partial charge in [0.1, 0.15) is 17.1 Å². The number of halogens is 2. The summed E-state index contributed by atoms with van der Waals surface area (Å²) in [5.74, 6) is 0.781. The third-order valence-corrected chi connectivity index (χ3v) is 7.91. The molecule has 4 aromatic rings. The average molecular weight is 521 g/mol. The molecular formula is C28H30ClFN6O. The number of fused-ring (bicyclic) bond motifs is 2. The van der Waals surface area contributed by atoms with Crippen LogP contribution in [0.1, 0.15) is 6.92 Å². The first-order chi connectivity index (χ1) is 17.8. The Bertz CT molecular complexity index is 1510. The van der Waals surface area contributed by atoms with Crippen molar-refractivity contribution in [3.05, 3.63) is 53.3 Å². The van der Waals surface area contributed by atoms with E-state index in [2.05, 4.69) is 41.0 Å². The molecule has 1 aromatic heterocycles. The highest BCUT2D eigenvalue weighted by atomic mass is 35.5. The Kier molecular flexibility index (Phi) is 6.06. The zero-order valence-electron chi connectivity index (χ0n) is 21.2. The third-order valence-electron chi connectivity index (χ3n) is 7.62. The highest BCUT2D eigenvalue weighted by Gasteiger charge is 2.33. The van der Waals surface area contributed by atoms with Crippen LogP contribution in [0.2, 0.25) is 5.02 Å². The lowest BCUT2D eigenvalue weighted by molar-refractivity contribution is 0.245. The topological polar surface area (TPSA) is 67.8 Å². The number of aromatic nitrogens is 2. The van der Waals surface area contributed by atoms with Crippen LogP contribution in [0.15, 0.2) is 42.5 Å². The summed E-state index contributed by atoms with van der Waals surface area (Å²) >= 11 is 6.81. The van der Waals surface area contributed by atoms with E-state index in [1.807, 2.05) is 24.3 Å². The summed E-state index contributed by atoms with van der Waals surface area (Å²) in [5.41, 5.74) is 1.01. The van der Waals surface area contributed by atoms with Crippen LogP contribution in [0.25, 0.3) is 32.8 Å². The number of nitrogens with zero attached hydrogens (tertiary/aromatic N) is 5. The molecule has 2 N–H and O–H groups in total. The Hall–Kier alpha value is -3.20. The number of phenolic OH excluding ortho intramolecular Hbond substituents is 1. The van der Waals surface area contributed by atoms with E-state index >= 15 is 4.39 Å². The minimum atomic E-state index is -0.504. The summed E-state index contributed by atoms with van der Waals surface area (Å²) in [6.07, 6.45) is 0. The molecule has 2 aliphatic rings. The van der Waals surface area contributed by atoms with E-state index in [0.29, 0.717) is 28.8 Å². The molecule has 0 radical (unpaired) electrons. The zero-order chi connectivity index (χ0) is 25.8. The predicted octanol–water partition coefficient (Wildman–Crippen LogP) is 4.50. The molecule has 2 aliphatic heterocycles. The fourth-order valence-electron chi connectivity index (χ4n) is 5.38. The second kappa shape index (κ2) is 9.28. The summed E-state index contributed by atoms with van der Waals surface area (Å²) < 4.78 is 16.6. The lowest BCUT2D eigenvalue weighted by Crippen LogP contribution is -2.58. The quantitative estimate of drug-likeness (QED) is 0.411. The van der Waals surface area contributed by atoms with Crippen molar-refractivity contribution in [1.82, 2.24) is 20.2 Å². The Balaban J connectivity index is 1.58. The summed E-state index contributed by atoms with van der Waals surface area (Å²) in [5, 5.41) is 16.3. The van der Waals surface area contributed by atoms with E-state index in [9.17, 15) is 5.11 Å². The minimum Gasteiger partial charge on any atom is -0.508 e. The summed E-state index contributed by atoms with van der Waals surface area (Å²) in [6.45, 7) is 6.10. The van der Waals surface area contributed by atoms with Gasteiger partial charge in [0, 0.05) is 55.8 Å². The number of anilines is 2. The van der Waals surface area contributed by atoms with Crippen molar-refractivity contribution in [2.24, 2.45) is 0 Å². The molecule has 3 heterocycles. The van der Waals surface area contributed by atoms with E-state index in [4.69, 9.17) is 21.6 Å². The van der Waals surface area contributed by atoms with Gasteiger partial charge in [-0.05, 0) is 55.6 Å². The molecule has 9 heteroatoms. The molecule has 0 aliphatic carbocycles. The number of aromatic hydroxyl groups is 1. The monoisotopic (exact) mass is 520 g/mol. The van der Waals surface area contributed by atoms with Gasteiger partial charge in [0.15, 0.2) is 5.82 Å². The fourth-order valence-corrected chi connectivity index (χ4v) is 5.67. The van der Waals surface area contributed by atoms with Gasteiger partial charge in [-0.1, -0.05) is 35.9 Å². The summed E-state index contributed by atoms with van der Waals surface area (Å²) in [4.78, 5) is 16.2. The highest BCUT2D eigenvalue weighted by Crippen LogP contribution is 2.43. The van der Waals surface area contributed by atoms with Crippen LogP contribution < -0.4 is 15.1 Å². The fraction of sp³-hybridized carbons (Fsp3) is 0.357. The number of hydrogen-bond donors (Lipinski definition) is 2. The first-order valence-electron chi connectivity index (χ1n) is 12.6. The molecule has 1 atom stereocenters. The number of hydrogen-bond acceptors (Lipinski definition) is 7. The van der Waals surface area contributed by atoms with Crippen molar-refractivity contribution < 1.29 is 9.50 Å². The van der Waals surface area contributed by atoms with Gasteiger partial charge in [-0.2, -0.15) is 4.98 Å². The molecule has 0 spiro atoms. The molecule has 0 bridgehead atoms. The Morgan fingerprint density at radius 3 is 2.65 bits per heavy atom. The molecule has 6 rings (SSSR count). The maximum Gasteiger partial charge on any atom is 0.228 e. The van der Waals surface area contributed by atoms with Crippen molar-refractivity contribution in [3.8, 4) is 16.9 Å². The summed E-state index contributed by atoms with van der Waals surface area (Å²) in [6, 6.07) is 13.2. The van der Waals surface area contributed by atoms with Crippen LogP contribution >= 0.6 is 11.6 Å². The van der Waals surface area contributed by atoms with E-state index in [0.717, 1.165) is 43.5 Å². The summed E-state index contributed by atoms with van der Waals surface area (Å²) in [7, 11) is 4.12. The van der Waals surface area contributed by atoms with Gasteiger partial charge in [0.25, 0.3) is 0 Å². The number of likely N-dealkylation sites (N-methyl/N-ethyl adjacent to an activating group) is 1. The molecule has 0 unspecified atom stereocenters. The van der Waals surface area contributed by atoms with E-state index in [1.54, 1.807) is 18.2 Å². The number of piperazine rings is 1. The van der Waals surface area contributed by atoms with E-state index in [1.165, 1.54) is 0 Å². The van der Waals surface area contributed by atoms with Crippen molar-refractivity contribution in [2.75, 3.05) is 56.6 Å². The number of phenols is 1. The van der Waals surface area contributed by atoms with Gasteiger partial charge in [0.2, 0.25) is 5.95 Å². The molecule has 3 aromatic carbocycles. The minimum absolute atomic E-state index is 0.0540. The smallest absolute Gasteiger partial charge is 0.228 e. The largest absolute Gasteiger partial charge is 0.508 e. The van der Waals surface area contributed by atoms with Gasteiger partial charge in [-0.15, -0.1) is 0 Å². The Morgan fingerprint density at radius 2 is 1.89 bits per heavy atom. The van der Waals surface area contributed by atoms with E-state index in [-0.39, 0.29) is 27.9 Å². The number of rotatable bonds is 4. The van der Waals surface area contributed by atoms with Crippen LogP contribution in [0, 0.1) is 5.82 Å². The van der Waals surface area contributed by atoms with Crippen LogP contribution in [0.3, 0.4) is 0 Å². The second-order valence-corrected chi connectivity index (χ2v) is 10.7. The van der Waals surface area contributed by atoms with Crippen LogP contribution in [-0.2, 0) is 0 Å². The standard InChI is InChI=1S/C28H30ClFN6O/c1-16-13-31-8-9-36(16)27-22-12-23(29)24(21-11-19(37)10-17-6-4-5-7-20(17)21)25(30)26(22)32-28(33-27)35-14-18(15-35)34(2)3/h4-7,10-12,16,18,31,37H,8-9,13-15H2,1-3H3/t16-/m1/s1. The molecule has 2 fully saturated rings. The third kappa shape index (κ3) is 4.13. The maximum absolute atomic E-state index is 16.6. The highest BCUT2D eigenvalue weighted by molar-refractivity contribution is 6.35. The molecule has 192 valence electrons. The van der Waals surface area contributed by atoms with Crippen LogP contribution in [0.4, 0.5) is 16.2 Å². The molecule has 0 amide bonds. The molecule has 37 heavy (non-hydrogen) atoms. The van der Waals surface area contributed by atoms with Gasteiger partial charge in [-0.3, -0.25) is 0 Å². The molecular weight excluding hydrogens is 491 g/mol. The molecule has 7 nitrogen and oxygen atoms in total. The predicted molar refractivity (Wildman–Crippen MR) is 148 cm³/mol. The van der Waals surface area contributed by atoms with Crippen LogP contribution in [0.5, 0.6) is 5.75 Å². The first kappa shape index (κ1) is 24.2. The van der Waals surface area contributed by atoms with Crippen LogP contribution in [-0.4, -0.2) is 78.9 Å². The number of benzene rings is 3. The van der Waals surface area contributed by atoms with Crippen molar-refractivity contribution in [3.63, 3.8) is 0 Å². The second-order valence-electron chi connectivity index (χ2n) is 10.3. The first-order valence-corrected chi connectivity index (χ1v) is 13.0. The van der Waals surface area contributed by atoms with Gasteiger partial charge in [0.05, 0.1) is 5.02 Å². The average Bonchev–Trinajstić information content (AvgIpc) is 2.83. The van der Waals surface area contributed by atoms with Crippen molar-refractivity contribution in [2.45, 2.75) is 19.0 Å². The zero-order valence-corrected chi connectivity index (χ0v) is 21.9. The van der Waals surface area contributed by atoms with E-state index < -0.39 is 5.82 Å². The molecule has 2 saturated heterocycles. The van der Waals surface area contributed by atoms with Gasteiger partial charge >= 0.3 is 0 Å². The van der Waals surface area contributed by atoms with Crippen molar-refractivity contribution >= 4 is 45.0 Å². The number of nitrogens with one attached hydrogen (secondary N) is 1. The van der Waals surface area contributed by atoms with Gasteiger partial charge in [-0.25, -0.2) is 9.37 Å². The molecule has 0 saturated carbocycles. The van der Waals surface area contributed by atoms with Crippen molar-refractivity contribution in [1.29, 1.82) is 0 Å². The maximum atomic E-state index is 16.6. The lowest BCUT2D eigenvalue weighted by atomic mass is 9.96. The lowest BCUT2D eigenvalue weighted by Gasteiger charge is -2.43. The Labute approximate surface area is 220 Å². The SMILES string of the molecule is C[C@@H]1CNCCN1c1nc(N2CC(N(C)C)C2)nc2c(F)c(-c3cc(O)cc4ccccc34)c(Cl)cc12. The normalized spacial score (nSPS) is 18.7. The Morgan fingerprint density at radius 1 is 1.11 bits per heavy atom. The van der Waals surface area contributed by atoms with Gasteiger partial charge < -0.3 is 25.1 Å².